The van der Waals surface area contributed by atoms with E-state index in [1.165, 1.54) is 0 Å². The number of carbonyl (C=O) groups excluding carboxylic acids is 3. The zero-order valence-electron chi connectivity index (χ0n) is 9.94. The summed E-state index contributed by atoms with van der Waals surface area (Å²) < 4.78 is 9.64. The first-order valence-electron chi connectivity index (χ1n) is 5.68. The van der Waals surface area contributed by atoms with Crippen molar-refractivity contribution in [2.75, 3.05) is 26.2 Å². The lowest BCUT2D eigenvalue weighted by atomic mass is 10.3. The van der Waals surface area contributed by atoms with Gasteiger partial charge in [-0.05, 0) is 0 Å². The van der Waals surface area contributed by atoms with Gasteiger partial charge in [-0.25, -0.2) is 4.79 Å². The number of cyclic esters (lactones) is 1. The number of rotatable bonds is 7. The maximum atomic E-state index is 11.3. The fourth-order valence-electron chi connectivity index (χ4n) is 1.30. The average Bonchev–Trinajstić information content (AvgIpc) is 2.77. The number of esters is 1. The van der Waals surface area contributed by atoms with Gasteiger partial charge in [0.25, 0.3) is 0 Å². The standard InChI is InChI=1S/C10H17N3O5/c11-3-4-12-8(14)1-2-9(15)17-6-7-5-13-10(16)18-7/h7H,1-6,11H2,(H,12,14)(H,13,16)/t7-/m1/s1. The number of carbonyl (C=O) groups is 3. The summed E-state index contributed by atoms with van der Waals surface area (Å²) in [5.74, 6) is -0.743. The van der Waals surface area contributed by atoms with Gasteiger partial charge in [-0.1, -0.05) is 0 Å². The Kier molecular flexibility index (Phi) is 5.92. The van der Waals surface area contributed by atoms with E-state index in [2.05, 4.69) is 10.6 Å². The van der Waals surface area contributed by atoms with Gasteiger partial charge in [-0.15, -0.1) is 0 Å². The second-order valence-corrected chi connectivity index (χ2v) is 3.73. The quantitative estimate of drug-likeness (QED) is 0.478. The molecule has 0 aromatic heterocycles. The number of amides is 2. The van der Waals surface area contributed by atoms with E-state index in [4.69, 9.17) is 15.2 Å². The fourth-order valence-corrected chi connectivity index (χ4v) is 1.30. The molecular weight excluding hydrogens is 242 g/mol. The number of alkyl carbamates (subject to hydrolysis) is 1. The van der Waals surface area contributed by atoms with Crippen LogP contribution in [0.4, 0.5) is 4.79 Å². The molecule has 1 atom stereocenters. The largest absolute Gasteiger partial charge is 0.462 e. The van der Waals surface area contributed by atoms with Crippen LogP contribution in [0.5, 0.6) is 0 Å². The van der Waals surface area contributed by atoms with Gasteiger partial charge < -0.3 is 25.8 Å². The number of hydrogen-bond donors (Lipinski definition) is 3. The van der Waals surface area contributed by atoms with E-state index in [9.17, 15) is 14.4 Å². The normalized spacial score (nSPS) is 17.8. The fraction of sp³-hybridized carbons (Fsp3) is 0.700. The molecule has 0 radical (unpaired) electrons. The summed E-state index contributed by atoms with van der Waals surface area (Å²) in [6, 6.07) is 0. The summed E-state index contributed by atoms with van der Waals surface area (Å²) in [6.45, 7) is 1.07. The van der Waals surface area contributed by atoms with Crippen molar-refractivity contribution in [1.82, 2.24) is 10.6 Å². The van der Waals surface area contributed by atoms with Crippen molar-refractivity contribution in [1.29, 1.82) is 0 Å². The van der Waals surface area contributed by atoms with Crippen LogP contribution in [0, 0.1) is 0 Å². The van der Waals surface area contributed by atoms with Crippen LogP contribution in [-0.2, 0) is 19.1 Å². The first-order chi connectivity index (χ1) is 8.61. The van der Waals surface area contributed by atoms with Crippen molar-refractivity contribution in [3.63, 3.8) is 0 Å². The number of ether oxygens (including phenoxy) is 2. The lowest BCUT2D eigenvalue weighted by Gasteiger charge is -2.08. The van der Waals surface area contributed by atoms with Crippen LogP contribution in [0.1, 0.15) is 12.8 Å². The molecule has 1 aliphatic rings. The Balaban J connectivity index is 2.06. The summed E-state index contributed by atoms with van der Waals surface area (Å²) in [5, 5.41) is 4.98. The highest BCUT2D eigenvalue weighted by Crippen LogP contribution is 2.02. The van der Waals surface area contributed by atoms with Crippen molar-refractivity contribution in [2.45, 2.75) is 18.9 Å². The molecule has 18 heavy (non-hydrogen) atoms. The Labute approximate surface area is 104 Å². The molecule has 0 bridgehead atoms. The minimum Gasteiger partial charge on any atom is -0.462 e. The highest BCUT2D eigenvalue weighted by Gasteiger charge is 2.23. The Hall–Kier alpha value is -1.83. The SMILES string of the molecule is NCCNC(=O)CCC(=O)OC[C@H]1CNC(=O)O1. The van der Waals surface area contributed by atoms with Crippen LogP contribution >= 0.6 is 0 Å². The molecular formula is C10H17N3O5. The summed E-state index contributed by atoms with van der Waals surface area (Å²) in [4.78, 5) is 33.1. The topological polar surface area (TPSA) is 120 Å². The molecule has 0 unspecified atom stereocenters. The van der Waals surface area contributed by atoms with Crippen molar-refractivity contribution in [3.8, 4) is 0 Å². The number of nitrogens with two attached hydrogens (primary N) is 1. The molecule has 0 saturated carbocycles. The maximum absolute atomic E-state index is 11.3. The predicted octanol–water partition coefficient (Wildman–Crippen LogP) is -1.51. The highest BCUT2D eigenvalue weighted by molar-refractivity contribution is 5.81. The lowest BCUT2D eigenvalue weighted by Crippen LogP contribution is -2.29. The van der Waals surface area contributed by atoms with Crippen LogP contribution in [0.25, 0.3) is 0 Å². The summed E-state index contributed by atoms with van der Waals surface area (Å²) in [7, 11) is 0. The molecule has 102 valence electrons. The van der Waals surface area contributed by atoms with E-state index in [0.717, 1.165) is 0 Å². The molecule has 1 saturated heterocycles. The monoisotopic (exact) mass is 259 g/mol. The number of hydrogen-bond acceptors (Lipinski definition) is 6. The first kappa shape index (κ1) is 14.2. The molecule has 0 spiro atoms. The van der Waals surface area contributed by atoms with Crippen LogP contribution in [-0.4, -0.2) is 50.3 Å². The summed E-state index contributed by atoms with van der Waals surface area (Å²) in [5.41, 5.74) is 5.21. The van der Waals surface area contributed by atoms with E-state index >= 15 is 0 Å². The van der Waals surface area contributed by atoms with Gasteiger partial charge >= 0.3 is 12.1 Å². The minimum absolute atomic E-state index is 0.00198. The highest BCUT2D eigenvalue weighted by atomic mass is 16.6. The molecule has 0 aliphatic carbocycles. The van der Waals surface area contributed by atoms with E-state index < -0.39 is 18.2 Å². The van der Waals surface area contributed by atoms with Crippen molar-refractivity contribution in [3.05, 3.63) is 0 Å². The van der Waals surface area contributed by atoms with Crippen molar-refractivity contribution in [2.24, 2.45) is 5.73 Å². The molecule has 2 amide bonds. The van der Waals surface area contributed by atoms with Crippen molar-refractivity contribution >= 4 is 18.0 Å². The minimum atomic E-state index is -0.516. The van der Waals surface area contributed by atoms with Gasteiger partial charge in [-0.3, -0.25) is 9.59 Å². The smallest absolute Gasteiger partial charge is 0.407 e. The molecule has 1 heterocycles. The Bertz CT molecular complexity index is 321. The van der Waals surface area contributed by atoms with Gasteiger partial charge in [0.05, 0.1) is 13.0 Å². The second-order valence-electron chi connectivity index (χ2n) is 3.73. The van der Waals surface area contributed by atoms with E-state index in [1.54, 1.807) is 0 Å². The third-order valence-corrected chi connectivity index (χ3v) is 2.20. The molecule has 4 N–H and O–H groups in total. The van der Waals surface area contributed by atoms with E-state index in [-0.39, 0.29) is 25.4 Å². The second kappa shape index (κ2) is 7.49. The Morgan fingerprint density at radius 1 is 1.50 bits per heavy atom. The Morgan fingerprint density at radius 3 is 2.89 bits per heavy atom. The van der Waals surface area contributed by atoms with Gasteiger partial charge in [0.2, 0.25) is 5.91 Å². The van der Waals surface area contributed by atoms with Gasteiger partial charge in [0.15, 0.2) is 6.10 Å². The molecule has 1 aliphatic heterocycles. The van der Waals surface area contributed by atoms with E-state index in [0.29, 0.717) is 19.6 Å². The zero-order valence-corrected chi connectivity index (χ0v) is 9.94. The van der Waals surface area contributed by atoms with Crippen molar-refractivity contribution < 1.29 is 23.9 Å². The molecule has 0 aromatic carbocycles. The van der Waals surface area contributed by atoms with Gasteiger partial charge in [0, 0.05) is 19.5 Å². The molecule has 0 aromatic rings. The van der Waals surface area contributed by atoms with Gasteiger partial charge in [0.1, 0.15) is 6.61 Å². The summed E-state index contributed by atoms with van der Waals surface area (Å²) >= 11 is 0. The van der Waals surface area contributed by atoms with E-state index in [1.807, 2.05) is 0 Å². The first-order valence-corrected chi connectivity index (χ1v) is 5.68. The predicted molar refractivity (Wildman–Crippen MR) is 60.5 cm³/mol. The molecule has 1 rings (SSSR count). The van der Waals surface area contributed by atoms with Crippen LogP contribution in [0.3, 0.4) is 0 Å². The zero-order chi connectivity index (χ0) is 13.4. The van der Waals surface area contributed by atoms with Gasteiger partial charge in [-0.2, -0.15) is 0 Å². The maximum Gasteiger partial charge on any atom is 0.407 e. The molecule has 8 heteroatoms. The number of nitrogens with one attached hydrogen (secondary N) is 2. The third-order valence-electron chi connectivity index (χ3n) is 2.20. The molecule has 1 fully saturated rings. The van der Waals surface area contributed by atoms with Crippen LogP contribution in [0.2, 0.25) is 0 Å². The summed E-state index contributed by atoms with van der Waals surface area (Å²) in [6.07, 6.45) is -0.920. The average molecular weight is 259 g/mol. The van der Waals surface area contributed by atoms with Crippen LogP contribution < -0.4 is 16.4 Å². The third kappa shape index (κ3) is 5.48. The molecule has 8 nitrogen and oxygen atoms in total. The Morgan fingerprint density at radius 2 is 2.28 bits per heavy atom. The lowest BCUT2D eigenvalue weighted by molar-refractivity contribution is -0.147. The van der Waals surface area contributed by atoms with Crippen LogP contribution in [0.15, 0.2) is 0 Å².